The van der Waals surface area contributed by atoms with Gasteiger partial charge in [0.05, 0.1) is 21.9 Å². The van der Waals surface area contributed by atoms with E-state index in [1.165, 1.54) is 0 Å². The zero-order valence-electron chi connectivity index (χ0n) is 21.4. The van der Waals surface area contributed by atoms with Gasteiger partial charge in [-0.3, -0.25) is 14.6 Å². The Bertz CT molecular complexity index is 1690. The predicted molar refractivity (Wildman–Crippen MR) is 157 cm³/mol. The van der Waals surface area contributed by atoms with Gasteiger partial charge in [-0.15, -0.1) is 0 Å². The van der Waals surface area contributed by atoms with Gasteiger partial charge in [-0.2, -0.15) is 10.5 Å². The van der Waals surface area contributed by atoms with Crippen LogP contribution in [0.15, 0.2) is 64.4 Å². The maximum absolute atomic E-state index is 13.3. The standard InChI is InChI=1S/C29H25Cl2N3O5S/c1-40(2)20-9-16(13-32-14-20)10-23(29(37)38)33-27(35)25-22(30)11-19-15-34(7-5-21(19)26(25)31)28(36)18-4-3-17-6-8-39-24(17)12-18/h3-4,6,8-9,11-14,23H,1,5,7,10,15H2,2H3,(H,33,35)(H,37,38)/t23-,40?/m0/s1. The molecule has 1 aliphatic rings. The third kappa shape index (κ3) is 5.63. The van der Waals surface area contributed by atoms with Gasteiger partial charge in [-0.05, 0) is 59.7 Å². The number of carboxylic acids is 1. The summed E-state index contributed by atoms with van der Waals surface area (Å²) in [5, 5.41) is 13.5. The SMILES string of the molecule is C=S(C)c1cncc(C[C@H](NC(=O)c2c(Cl)cc3c(c2Cl)CCN(C(=O)c2ccc4ccoc4c2)C3)C(=O)O)c1. The van der Waals surface area contributed by atoms with E-state index in [0.717, 1.165) is 15.8 Å². The number of furan rings is 1. The summed E-state index contributed by atoms with van der Waals surface area (Å²) in [5.74, 6) is 1.95. The molecule has 2 N–H and O–H groups in total. The molecule has 2 aromatic carbocycles. The highest BCUT2D eigenvalue weighted by Crippen LogP contribution is 2.35. The van der Waals surface area contributed by atoms with Gasteiger partial charge in [-0.1, -0.05) is 35.1 Å². The molecule has 0 fully saturated rings. The molecule has 0 saturated carbocycles. The number of hydrogen-bond acceptors (Lipinski definition) is 5. The normalized spacial score (nSPS) is 14.4. The lowest BCUT2D eigenvalue weighted by molar-refractivity contribution is -0.139. The van der Waals surface area contributed by atoms with E-state index in [4.69, 9.17) is 27.6 Å². The molecule has 5 rings (SSSR count). The molecule has 206 valence electrons. The second-order valence-electron chi connectivity index (χ2n) is 9.57. The molecule has 1 unspecified atom stereocenters. The summed E-state index contributed by atoms with van der Waals surface area (Å²) in [6.07, 6.45) is 7.20. The van der Waals surface area contributed by atoms with Gasteiger partial charge in [-0.25, -0.2) is 4.79 Å². The molecule has 3 heterocycles. The molecule has 2 amide bonds. The van der Waals surface area contributed by atoms with Crippen LogP contribution in [0.3, 0.4) is 0 Å². The van der Waals surface area contributed by atoms with Crippen molar-refractivity contribution in [3.63, 3.8) is 0 Å². The quantitative estimate of drug-likeness (QED) is 0.274. The highest BCUT2D eigenvalue weighted by atomic mass is 35.5. The van der Waals surface area contributed by atoms with Crippen molar-refractivity contribution in [3.05, 3.63) is 92.9 Å². The van der Waals surface area contributed by atoms with Crippen molar-refractivity contribution in [1.82, 2.24) is 15.2 Å². The fourth-order valence-corrected chi connectivity index (χ4v) is 6.09. The van der Waals surface area contributed by atoms with E-state index in [9.17, 15) is 19.5 Å². The third-order valence-corrected chi connectivity index (χ3v) is 8.58. The lowest BCUT2D eigenvalue weighted by atomic mass is 9.95. The van der Waals surface area contributed by atoms with Crippen LogP contribution in [0.25, 0.3) is 11.0 Å². The molecule has 8 nitrogen and oxygen atoms in total. The Kier molecular flexibility index (Phi) is 7.98. The molecule has 0 spiro atoms. The van der Waals surface area contributed by atoms with Gasteiger partial charge in [0.25, 0.3) is 11.8 Å². The van der Waals surface area contributed by atoms with Crippen LogP contribution in [-0.2, 0) is 24.2 Å². The first-order chi connectivity index (χ1) is 19.1. The van der Waals surface area contributed by atoms with Gasteiger partial charge in [0.15, 0.2) is 0 Å². The summed E-state index contributed by atoms with van der Waals surface area (Å²) in [6, 6.07) is 9.37. The van der Waals surface area contributed by atoms with Crippen molar-refractivity contribution in [2.24, 2.45) is 0 Å². The summed E-state index contributed by atoms with van der Waals surface area (Å²) >= 11 is 13.2. The summed E-state index contributed by atoms with van der Waals surface area (Å²) in [7, 11) is -0.295. The Morgan fingerprint density at radius 1 is 1.20 bits per heavy atom. The lowest BCUT2D eigenvalue weighted by Gasteiger charge is -2.30. The topological polar surface area (TPSA) is 113 Å². The second kappa shape index (κ2) is 11.4. The maximum atomic E-state index is 13.3. The number of aliphatic carboxylic acids is 1. The van der Waals surface area contributed by atoms with Crippen molar-refractivity contribution in [3.8, 4) is 0 Å². The van der Waals surface area contributed by atoms with Crippen LogP contribution in [0.2, 0.25) is 10.0 Å². The molecule has 0 radical (unpaired) electrons. The van der Waals surface area contributed by atoms with Crippen LogP contribution in [0.5, 0.6) is 0 Å². The molecule has 2 atom stereocenters. The monoisotopic (exact) mass is 597 g/mol. The number of fused-ring (bicyclic) bond motifs is 2. The Labute approximate surface area is 242 Å². The van der Waals surface area contributed by atoms with Crippen LogP contribution in [-0.4, -0.2) is 57.5 Å². The number of nitrogens with one attached hydrogen (secondary N) is 1. The molecule has 0 bridgehead atoms. The number of halogens is 2. The average Bonchev–Trinajstić information content (AvgIpc) is 3.40. The minimum Gasteiger partial charge on any atom is -0.480 e. The zero-order chi connectivity index (χ0) is 28.6. The number of carbonyl (C=O) groups excluding carboxylic acids is 2. The molecule has 11 heteroatoms. The highest BCUT2D eigenvalue weighted by Gasteiger charge is 2.30. The summed E-state index contributed by atoms with van der Waals surface area (Å²) in [6.45, 7) is 0.648. The zero-order valence-corrected chi connectivity index (χ0v) is 23.8. The van der Waals surface area contributed by atoms with Crippen LogP contribution in [0.4, 0.5) is 0 Å². The number of rotatable bonds is 7. The molecular formula is C29H25Cl2N3O5S. The number of nitrogens with zero attached hydrogens (tertiary/aromatic N) is 2. The minimum atomic E-state index is -1.23. The van der Waals surface area contributed by atoms with Crippen LogP contribution < -0.4 is 5.32 Å². The molecule has 0 aliphatic carbocycles. The molecule has 4 aromatic rings. The number of amides is 2. The Morgan fingerprint density at radius 3 is 2.75 bits per heavy atom. The predicted octanol–water partition coefficient (Wildman–Crippen LogP) is 5.45. The molecule has 1 aliphatic heterocycles. The van der Waals surface area contributed by atoms with E-state index in [0.29, 0.717) is 35.2 Å². The first-order valence-corrected chi connectivity index (χ1v) is 14.9. The van der Waals surface area contributed by atoms with Crippen molar-refractivity contribution in [2.45, 2.75) is 30.3 Å². The van der Waals surface area contributed by atoms with Gasteiger partial charge in [0, 0.05) is 47.7 Å². The Balaban J connectivity index is 1.34. The fraction of sp³-hybridized carbons (Fsp3) is 0.207. The van der Waals surface area contributed by atoms with Gasteiger partial charge in [0.2, 0.25) is 0 Å². The fourth-order valence-electron chi connectivity index (χ4n) is 4.74. The van der Waals surface area contributed by atoms with E-state index in [1.807, 2.05) is 24.5 Å². The molecule has 2 aromatic heterocycles. The Morgan fingerprint density at radius 2 is 2.00 bits per heavy atom. The number of carbonyl (C=O) groups is 3. The summed E-state index contributed by atoms with van der Waals surface area (Å²) < 4.78 is 5.42. The largest absolute Gasteiger partial charge is 0.480 e. The summed E-state index contributed by atoms with van der Waals surface area (Å²) in [4.78, 5) is 45.2. The minimum absolute atomic E-state index is 0.0103. The Hall–Kier alpha value is -3.66. The average molecular weight is 599 g/mol. The number of aromatic nitrogens is 1. The number of carboxylic acid groups (broad SMARTS) is 1. The van der Waals surface area contributed by atoms with Crippen LogP contribution in [0, 0.1) is 0 Å². The van der Waals surface area contributed by atoms with E-state index in [-0.39, 0.29) is 45.0 Å². The van der Waals surface area contributed by atoms with E-state index < -0.39 is 17.9 Å². The van der Waals surface area contributed by atoms with Crippen molar-refractivity contribution in [2.75, 3.05) is 12.8 Å². The number of pyridine rings is 1. The number of benzene rings is 2. The second-order valence-corrected chi connectivity index (χ2v) is 12.1. The van der Waals surface area contributed by atoms with Crippen molar-refractivity contribution in [1.29, 1.82) is 0 Å². The third-order valence-electron chi connectivity index (χ3n) is 6.84. The van der Waals surface area contributed by atoms with Crippen molar-refractivity contribution < 1.29 is 23.9 Å². The van der Waals surface area contributed by atoms with Gasteiger partial charge >= 0.3 is 5.97 Å². The molecule has 40 heavy (non-hydrogen) atoms. The smallest absolute Gasteiger partial charge is 0.326 e. The van der Waals surface area contributed by atoms with Crippen LogP contribution in [0.1, 0.15) is 37.4 Å². The van der Waals surface area contributed by atoms with Crippen molar-refractivity contribution >= 4 is 68.3 Å². The first-order valence-electron chi connectivity index (χ1n) is 12.3. The first kappa shape index (κ1) is 27.9. The lowest BCUT2D eigenvalue weighted by Crippen LogP contribution is -2.42. The van der Waals surface area contributed by atoms with Gasteiger partial charge in [0.1, 0.15) is 11.6 Å². The molecular weight excluding hydrogens is 573 g/mol. The number of hydrogen-bond donors (Lipinski definition) is 2. The summed E-state index contributed by atoms with van der Waals surface area (Å²) in [5.41, 5.74) is 3.24. The van der Waals surface area contributed by atoms with E-state index in [1.54, 1.807) is 41.8 Å². The van der Waals surface area contributed by atoms with E-state index >= 15 is 0 Å². The van der Waals surface area contributed by atoms with Gasteiger partial charge < -0.3 is 19.7 Å². The highest BCUT2D eigenvalue weighted by molar-refractivity contribution is 8.13. The van der Waals surface area contributed by atoms with E-state index in [2.05, 4.69) is 16.2 Å². The maximum Gasteiger partial charge on any atom is 0.326 e. The van der Waals surface area contributed by atoms with Crippen LogP contribution >= 0.6 is 33.7 Å². The molecule has 0 saturated heterocycles.